The number of piperazine rings is 1. The van der Waals surface area contributed by atoms with E-state index in [1.54, 1.807) is 44.9 Å². The van der Waals surface area contributed by atoms with Gasteiger partial charge < -0.3 is 29.7 Å². The number of amides is 2. The topological polar surface area (TPSA) is 167 Å². The summed E-state index contributed by atoms with van der Waals surface area (Å²) in [5.41, 5.74) is 3.61. The Kier molecular flexibility index (Phi) is 14.2. The molecule has 3 aliphatic heterocycles. The molecule has 15 nitrogen and oxygen atoms in total. The summed E-state index contributed by atoms with van der Waals surface area (Å²) in [6.07, 6.45) is 6.70. The highest BCUT2D eigenvalue weighted by Gasteiger charge is 2.33. The second kappa shape index (κ2) is 19.9. The minimum absolute atomic E-state index is 0.0592. The summed E-state index contributed by atoms with van der Waals surface area (Å²) in [6, 6.07) is 10.8. The molecule has 0 spiro atoms. The summed E-state index contributed by atoms with van der Waals surface area (Å²) in [4.78, 5) is 53.4. The van der Waals surface area contributed by atoms with Crippen LogP contribution in [0.5, 0.6) is 5.75 Å². The van der Waals surface area contributed by atoms with Crippen molar-refractivity contribution in [3.8, 4) is 5.75 Å². The lowest BCUT2D eigenvalue weighted by atomic mass is 9.89. The van der Waals surface area contributed by atoms with Gasteiger partial charge in [-0.3, -0.25) is 24.6 Å². The van der Waals surface area contributed by atoms with E-state index in [9.17, 15) is 18.9 Å². The van der Waals surface area contributed by atoms with Gasteiger partial charge in [-0.2, -0.15) is 10.1 Å². The third-order valence-electron chi connectivity index (χ3n) is 12.9. The van der Waals surface area contributed by atoms with Crippen LogP contribution in [0, 0.1) is 11.6 Å². The first-order chi connectivity index (χ1) is 31.6. The van der Waals surface area contributed by atoms with Crippen LogP contribution in [0.4, 0.5) is 37.6 Å². The predicted octanol–water partition coefficient (Wildman–Crippen LogP) is 6.81. The maximum Gasteiger partial charge on any atom is 0.274 e. The van der Waals surface area contributed by atoms with Crippen LogP contribution in [-0.2, 0) is 34.0 Å². The molecule has 3 aliphatic rings. The molecule has 0 aliphatic carbocycles. The first kappa shape index (κ1) is 47.2. The number of carbonyl (C=O) groups excluding carboxylic acids is 2. The zero-order chi connectivity index (χ0) is 46.9. The average Bonchev–Trinajstić information content (AvgIpc) is 3.28. The molecule has 5 heterocycles. The van der Waals surface area contributed by atoms with Crippen LogP contribution >= 0.6 is 23.1 Å². The van der Waals surface area contributed by atoms with Crippen LogP contribution in [0.2, 0.25) is 0 Å². The fourth-order valence-corrected chi connectivity index (χ4v) is 11.3. The smallest absolute Gasteiger partial charge is 0.274 e. The SMILES string of the molecule is CCOc1cc(N2CCC(N3CCN(CCc4cc(F)c([C@H]5CCC(=O)NC5=O)c(F)c4)CC3)CC2)c(CC)cc1Nc1ncc(Br)c(Nc2ccc3c(=O)n(C)ncc3c2P(C)(C)=O)n1. The number of hydrogen-bond acceptors (Lipinski definition) is 13. The summed E-state index contributed by atoms with van der Waals surface area (Å²) >= 11 is 3.58. The summed E-state index contributed by atoms with van der Waals surface area (Å²) in [5.74, 6) is -2.10. The molecule has 0 radical (unpaired) electrons. The van der Waals surface area contributed by atoms with Gasteiger partial charge in [0, 0.05) is 99.5 Å². The van der Waals surface area contributed by atoms with Crippen molar-refractivity contribution < 1.29 is 27.7 Å². The van der Waals surface area contributed by atoms with Crippen LogP contribution in [0.1, 0.15) is 62.1 Å². The van der Waals surface area contributed by atoms with Gasteiger partial charge in [-0.25, -0.2) is 18.4 Å². The number of anilines is 5. The second-order valence-corrected chi connectivity index (χ2v) is 21.6. The van der Waals surface area contributed by atoms with Crippen molar-refractivity contribution in [3.63, 3.8) is 0 Å². The van der Waals surface area contributed by atoms with E-state index in [1.807, 2.05) is 6.92 Å². The Bertz CT molecular complexity index is 2750. The van der Waals surface area contributed by atoms with Crippen molar-refractivity contribution in [1.29, 1.82) is 0 Å². The number of halogens is 3. The number of benzene rings is 3. The second-order valence-electron chi connectivity index (χ2n) is 17.6. The van der Waals surface area contributed by atoms with Crippen LogP contribution in [0.25, 0.3) is 10.8 Å². The van der Waals surface area contributed by atoms with E-state index in [0.29, 0.717) is 74.9 Å². The summed E-state index contributed by atoms with van der Waals surface area (Å²) < 4.78 is 52.0. The summed E-state index contributed by atoms with van der Waals surface area (Å²) in [7, 11) is -1.33. The van der Waals surface area contributed by atoms with Gasteiger partial charge in [0.1, 0.15) is 30.3 Å². The van der Waals surface area contributed by atoms with Gasteiger partial charge in [-0.05, 0) is 110 Å². The van der Waals surface area contributed by atoms with Crippen LogP contribution in [0.3, 0.4) is 0 Å². The van der Waals surface area contributed by atoms with E-state index in [2.05, 4.69) is 75.7 Å². The highest BCUT2D eigenvalue weighted by Crippen LogP contribution is 2.42. The van der Waals surface area contributed by atoms with Gasteiger partial charge in [-0.1, -0.05) is 6.92 Å². The number of piperidine rings is 2. The lowest BCUT2D eigenvalue weighted by Gasteiger charge is -2.43. The third-order valence-corrected chi connectivity index (χ3v) is 15.1. The minimum atomic E-state index is -2.91. The Labute approximate surface area is 391 Å². The first-order valence-corrected chi connectivity index (χ1v) is 25.9. The van der Waals surface area contributed by atoms with Crippen molar-refractivity contribution in [2.75, 3.05) is 81.3 Å². The zero-order valence-electron chi connectivity index (χ0n) is 37.9. The Hall–Kier alpha value is -5.29. The molecule has 2 amide bonds. The maximum atomic E-state index is 15.1. The highest BCUT2D eigenvalue weighted by atomic mass is 79.9. The number of aromatic nitrogens is 4. The van der Waals surface area contributed by atoms with E-state index in [0.717, 1.165) is 75.5 Å². The molecule has 350 valence electrons. The Balaban J connectivity index is 0.890. The fourth-order valence-electron chi connectivity index (χ4n) is 9.50. The number of hydrogen-bond donors (Lipinski definition) is 3. The van der Waals surface area contributed by atoms with Crippen LogP contribution in [0.15, 0.2) is 58.1 Å². The zero-order valence-corrected chi connectivity index (χ0v) is 40.4. The Morgan fingerprint density at radius 2 is 1.64 bits per heavy atom. The molecule has 5 aromatic rings. The molecule has 1 atom stereocenters. The average molecular weight is 990 g/mol. The highest BCUT2D eigenvalue weighted by molar-refractivity contribution is 9.10. The lowest BCUT2D eigenvalue weighted by Crippen LogP contribution is -2.53. The first-order valence-electron chi connectivity index (χ1n) is 22.6. The Morgan fingerprint density at radius 3 is 2.30 bits per heavy atom. The number of ether oxygens (including phenoxy) is 1. The van der Waals surface area contributed by atoms with Gasteiger partial charge in [-0.15, -0.1) is 0 Å². The molecule has 3 fully saturated rings. The van der Waals surface area contributed by atoms with E-state index >= 15 is 8.78 Å². The quantitative estimate of drug-likeness (QED) is 0.0786. The molecular weight excluding hydrogens is 933 g/mol. The maximum absolute atomic E-state index is 15.1. The number of imide groups is 1. The molecule has 3 aromatic carbocycles. The van der Waals surface area contributed by atoms with Crippen LogP contribution < -0.4 is 36.5 Å². The van der Waals surface area contributed by atoms with Crippen molar-refractivity contribution >= 4 is 79.8 Å². The molecule has 3 saturated heterocycles. The number of rotatable bonds is 14. The molecule has 66 heavy (non-hydrogen) atoms. The van der Waals surface area contributed by atoms with Gasteiger partial charge in [0.15, 0.2) is 0 Å². The largest absolute Gasteiger partial charge is 0.492 e. The molecule has 2 aromatic heterocycles. The summed E-state index contributed by atoms with van der Waals surface area (Å²) in [6.45, 7) is 14.0. The number of nitrogens with zero attached hydrogens (tertiary/aromatic N) is 7. The predicted molar refractivity (Wildman–Crippen MR) is 258 cm³/mol. The van der Waals surface area contributed by atoms with Gasteiger partial charge >= 0.3 is 0 Å². The van der Waals surface area contributed by atoms with Crippen molar-refractivity contribution in [1.82, 2.24) is 34.9 Å². The normalized spacial score (nSPS) is 17.9. The molecule has 0 unspecified atom stereocenters. The van der Waals surface area contributed by atoms with E-state index in [-0.39, 0.29) is 24.0 Å². The Morgan fingerprint density at radius 1 is 0.909 bits per heavy atom. The molecular formula is C47H56BrF2N10O5P. The number of nitrogens with one attached hydrogen (secondary N) is 3. The monoisotopic (exact) mass is 988 g/mol. The third kappa shape index (κ3) is 10.2. The lowest BCUT2D eigenvalue weighted by molar-refractivity contribution is -0.134. The van der Waals surface area contributed by atoms with E-state index in [1.165, 1.54) is 16.8 Å². The number of fused-ring (bicyclic) bond motifs is 1. The molecule has 8 rings (SSSR count). The molecule has 0 bridgehead atoms. The van der Waals surface area contributed by atoms with Gasteiger partial charge in [0.2, 0.25) is 17.8 Å². The summed E-state index contributed by atoms with van der Waals surface area (Å²) in [5, 5.41) is 14.6. The molecule has 0 saturated carbocycles. The standard InChI is InChI=1S/C47H56BrF2N10O5P/c1-6-29-24-38(54-47-51-27-34(48)44(56-47)53-37-10-8-31-33(43(37)66(4,5)64)26-52-57(3)46(31)63)40(65-7-2)25-39(29)60-16-13-30(14-17-60)59-20-18-58(19-21-59)15-12-28-22-35(49)42(36(50)23-28)32-9-11-41(61)55-45(32)62/h8,10,22-27,30,32H,6-7,9,11-21H2,1-5H3,(H,55,61,62)(H2,51,53,54,56)/t32-/m1/s1. The van der Waals surface area contributed by atoms with Crippen molar-refractivity contribution in [3.05, 3.63) is 91.9 Å². The fraction of sp³-hybridized carbons (Fsp3) is 0.447. The van der Waals surface area contributed by atoms with Crippen molar-refractivity contribution in [2.45, 2.75) is 64.3 Å². The number of carbonyl (C=O) groups is 2. The van der Waals surface area contributed by atoms with Gasteiger partial charge in [0.05, 0.1) is 40.0 Å². The molecule has 19 heteroatoms. The molecule has 3 N–H and O–H groups in total. The minimum Gasteiger partial charge on any atom is -0.492 e. The number of aryl methyl sites for hydroxylation is 2. The van der Waals surface area contributed by atoms with Crippen LogP contribution in [-0.4, -0.2) is 113 Å². The van der Waals surface area contributed by atoms with Gasteiger partial charge in [0.25, 0.3) is 5.56 Å². The van der Waals surface area contributed by atoms with Crippen molar-refractivity contribution in [2.24, 2.45) is 7.05 Å². The van der Waals surface area contributed by atoms with E-state index < -0.39 is 36.5 Å². The van der Waals surface area contributed by atoms with E-state index in [4.69, 9.17) is 9.72 Å².